The first-order chi connectivity index (χ1) is 5.34. The van der Waals surface area contributed by atoms with E-state index in [1.807, 2.05) is 7.05 Å². The molecule has 0 spiro atoms. The van der Waals surface area contributed by atoms with Crippen LogP contribution >= 0.6 is 34.4 Å². The van der Waals surface area contributed by atoms with Crippen molar-refractivity contribution in [2.45, 2.75) is 11.6 Å². The van der Waals surface area contributed by atoms with Gasteiger partial charge in [0.05, 0.1) is 0 Å². The van der Waals surface area contributed by atoms with Gasteiger partial charge in [-0.3, -0.25) is 0 Å². The van der Waals surface area contributed by atoms with E-state index >= 15 is 0 Å². The third kappa shape index (κ3) is 2.94. The van der Waals surface area contributed by atoms with Gasteiger partial charge in [-0.1, -0.05) is 34.4 Å². The average molecular weight is 284 g/mol. The standard InChI is InChI=1S/C5H9IN4S/c1-10-5(7-8-9-10)11-4-2-3-6/h2-4H2,1H3. The molecule has 0 aliphatic carbocycles. The van der Waals surface area contributed by atoms with Crippen LogP contribution in [-0.4, -0.2) is 30.4 Å². The van der Waals surface area contributed by atoms with E-state index in [1.54, 1.807) is 16.4 Å². The summed E-state index contributed by atoms with van der Waals surface area (Å²) in [6.45, 7) is 0. The van der Waals surface area contributed by atoms with E-state index in [0.29, 0.717) is 0 Å². The molecular weight excluding hydrogens is 275 g/mol. The molecule has 0 radical (unpaired) electrons. The van der Waals surface area contributed by atoms with Gasteiger partial charge in [0.1, 0.15) is 0 Å². The Kier molecular flexibility index (Phi) is 4.13. The van der Waals surface area contributed by atoms with Gasteiger partial charge in [-0.25, -0.2) is 4.68 Å². The Balaban J connectivity index is 2.32. The molecular formula is C5H9IN4S. The lowest BCUT2D eigenvalue weighted by Crippen LogP contribution is -1.93. The topological polar surface area (TPSA) is 43.6 Å². The molecule has 62 valence electrons. The first-order valence-electron chi connectivity index (χ1n) is 3.25. The molecule has 0 saturated heterocycles. The summed E-state index contributed by atoms with van der Waals surface area (Å²) in [6, 6.07) is 0. The summed E-state index contributed by atoms with van der Waals surface area (Å²) in [4.78, 5) is 0. The predicted molar refractivity (Wildman–Crippen MR) is 53.0 cm³/mol. The van der Waals surface area contributed by atoms with E-state index in [4.69, 9.17) is 0 Å². The molecule has 0 fully saturated rings. The number of halogens is 1. The van der Waals surface area contributed by atoms with Crippen LogP contribution in [0.3, 0.4) is 0 Å². The van der Waals surface area contributed by atoms with Gasteiger partial charge in [0.15, 0.2) is 0 Å². The molecule has 1 aromatic heterocycles. The van der Waals surface area contributed by atoms with Gasteiger partial charge in [0, 0.05) is 17.2 Å². The summed E-state index contributed by atoms with van der Waals surface area (Å²) in [6.07, 6.45) is 1.21. The third-order valence-corrected chi connectivity index (χ3v) is 2.95. The maximum atomic E-state index is 3.85. The van der Waals surface area contributed by atoms with Crippen LogP contribution in [0.2, 0.25) is 0 Å². The largest absolute Gasteiger partial charge is 0.224 e. The van der Waals surface area contributed by atoms with Crippen molar-refractivity contribution in [3.63, 3.8) is 0 Å². The fourth-order valence-electron chi connectivity index (χ4n) is 0.562. The molecule has 0 amide bonds. The number of tetrazole rings is 1. The second-order valence-corrected chi connectivity index (χ2v) is 4.12. The summed E-state index contributed by atoms with van der Waals surface area (Å²) in [5, 5.41) is 12.0. The fraction of sp³-hybridized carbons (Fsp3) is 0.800. The highest BCUT2D eigenvalue weighted by Crippen LogP contribution is 2.13. The normalized spacial score (nSPS) is 10.4. The highest BCUT2D eigenvalue weighted by molar-refractivity contribution is 14.1. The lowest BCUT2D eigenvalue weighted by Gasteiger charge is -1.95. The quantitative estimate of drug-likeness (QED) is 0.360. The minimum absolute atomic E-state index is 0.898. The predicted octanol–water partition coefficient (Wildman–Crippen LogP) is 1.13. The Hall–Kier alpha value is 0.150. The number of nitrogens with zero attached hydrogens (tertiary/aromatic N) is 4. The van der Waals surface area contributed by atoms with E-state index in [2.05, 4.69) is 38.1 Å². The lowest BCUT2D eigenvalue weighted by atomic mass is 10.6. The molecule has 0 atom stereocenters. The van der Waals surface area contributed by atoms with Crippen molar-refractivity contribution in [2.24, 2.45) is 7.05 Å². The highest BCUT2D eigenvalue weighted by atomic mass is 127. The van der Waals surface area contributed by atoms with Crippen LogP contribution in [-0.2, 0) is 7.05 Å². The van der Waals surface area contributed by atoms with Crippen molar-refractivity contribution in [3.05, 3.63) is 0 Å². The Morgan fingerprint density at radius 1 is 1.64 bits per heavy atom. The molecule has 1 rings (SSSR count). The van der Waals surface area contributed by atoms with Gasteiger partial charge in [-0.2, -0.15) is 0 Å². The van der Waals surface area contributed by atoms with E-state index in [0.717, 1.165) is 10.9 Å². The Bertz CT molecular complexity index is 214. The first kappa shape index (κ1) is 9.24. The average Bonchev–Trinajstić information content (AvgIpc) is 2.37. The van der Waals surface area contributed by atoms with Gasteiger partial charge in [0.2, 0.25) is 5.16 Å². The summed E-state index contributed by atoms with van der Waals surface area (Å²) < 4.78 is 2.88. The van der Waals surface area contributed by atoms with Crippen molar-refractivity contribution in [1.82, 2.24) is 20.2 Å². The monoisotopic (exact) mass is 284 g/mol. The molecule has 0 bridgehead atoms. The van der Waals surface area contributed by atoms with Crippen LogP contribution in [0.1, 0.15) is 6.42 Å². The van der Waals surface area contributed by atoms with Crippen molar-refractivity contribution in [1.29, 1.82) is 0 Å². The fourth-order valence-corrected chi connectivity index (χ4v) is 2.25. The molecule has 0 N–H and O–H groups in total. The van der Waals surface area contributed by atoms with Gasteiger partial charge in [-0.05, 0) is 16.8 Å². The molecule has 0 aliphatic heterocycles. The highest BCUT2D eigenvalue weighted by Gasteiger charge is 2.00. The van der Waals surface area contributed by atoms with Crippen LogP contribution < -0.4 is 0 Å². The summed E-state index contributed by atoms with van der Waals surface area (Å²) >= 11 is 4.07. The zero-order valence-electron chi connectivity index (χ0n) is 6.20. The smallest absolute Gasteiger partial charge is 0.209 e. The van der Waals surface area contributed by atoms with E-state index in [1.165, 1.54) is 10.8 Å². The third-order valence-electron chi connectivity index (χ3n) is 1.09. The van der Waals surface area contributed by atoms with Crippen LogP contribution in [0.15, 0.2) is 5.16 Å². The summed E-state index contributed by atoms with van der Waals surface area (Å²) in [7, 11) is 1.85. The first-order valence-corrected chi connectivity index (χ1v) is 5.77. The van der Waals surface area contributed by atoms with Crippen LogP contribution in [0.5, 0.6) is 0 Å². The van der Waals surface area contributed by atoms with Crippen LogP contribution in [0, 0.1) is 0 Å². The number of thioether (sulfide) groups is 1. The van der Waals surface area contributed by atoms with Gasteiger partial charge < -0.3 is 0 Å². The van der Waals surface area contributed by atoms with Crippen LogP contribution in [0.25, 0.3) is 0 Å². The molecule has 0 aliphatic rings. The molecule has 11 heavy (non-hydrogen) atoms. The minimum Gasteiger partial charge on any atom is -0.224 e. The second kappa shape index (κ2) is 4.91. The molecule has 4 nitrogen and oxygen atoms in total. The maximum absolute atomic E-state index is 3.85. The molecule has 1 heterocycles. The maximum Gasteiger partial charge on any atom is 0.209 e. The number of rotatable bonds is 4. The number of hydrogen-bond acceptors (Lipinski definition) is 4. The lowest BCUT2D eigenvalue weighted by molar-refractivity contribution is 0.664. The molecule has 0 saturated carbocycles. The molecule has 0 unspecified atom stereocenters. The molecule has 0 aromatic carbocycles. The van der Waals surface area contributed by atoms with E-state index in [-0.39, 0.29) is 0 Å². The summed E-state index contributed by atoms with van der Waals surface area (Å²) in [5.74, 6) is 1.09. The van der Waals surface area contributed by atoms with E-state index < -0.39 is 0 Å². The molecule has 1 aromatic rings. The van der Waals surface area contributed by atoms with E-state index in [9.17, 15) is 0 Å². The van der Waals surface area contributed by atoms with Crippen molar-refractivity contribution >= 4 is 34.4 Å². The van der Waals surface area contributed by atoms with Crippen LogP contribution in [0.4, 0.5) is 0 Å². The zero-order valence-corrected chi connectivity index (χ0v) is 9.17. The Morgan fingerprint density at radius 2 is 2.45 bits per heavy atom. The number of aryl methyl sites for hydroxylation is 1. The van der Waals surface area contributed by atoms with Crippen molar-refractivity contribution < 1.29 is 0 Å². The number of alkyl halides is 1. The Morgan fingerprint density at radius 3 is 3.00 bits per heavy atom. The SMILES string of the molecule is Cn1nnnc1SCCCI. The summed E-state index contributed by atoms with van der Waals surface area (Å²) in [5.41, 5.74) is 0. The number of aromatic nitrogens is 4. The Labute approximate surface area is 83.3 Å². The minimum atomic E-state index is 0.898. The molecule has 6 heteroatoms. The second-order valence-electron chi connectivity index (χ2n) is 1.98. The number of hydrogen-bond donors (Lipinski definition) is 0. The van der Waals surface area contributed by atoms with Gasteiger partial charge in [0.25, 0.3) is 0 Å². The van der Waals surface area contributed by atoms with Gasteiger partial charge in [-0.15, -0.1) is 5.10 Å². The van der Waals surface area contributed by atoms with Crippen molar-refractivity contribution in [3.8, 4) is 0 Å². The van der Waals surface area contributed by atoms with Gasteiger partial charge >= 0.3 is 0 Å². The zero-order chi connectivity index (χ0) is 8.10. The van der Waals surface area contributed by atoms with Crippen molar-refractivity contribution in [2.75, 3.05) is 10.2 Å².